The van der Waals surface area contributed by atoms with Crippen LogP contribution in [0.4, 0.5) is 5.95 Å². The number of fused-ring (bicyclic) bond motifs is 2. The van der Waals surface area contributed by atoms with Crippen LogP contribution < -0.4 is 10.2 Å². The fraction of sp³-hybridized carbons (Fsp3) is 0.417. The summed E-state index contributed by atoms with van der Waals surface area (Å²) in [6.45, 7) is 5.76. The third kappa shape index (κ3) is 3.18. The molecule has 1 aromatic heterocycles. The molecule has 2 aromatic carbocycles. The predicted molar refractivity (Wildman–Crippen MR) is 117 cm³/mol. The Morgan fingerprint density at radius 2 is 1.86 bits per heavy atom. The lowest BCUT2D eigenvalue weighted by Crippen LogP contribution is -2.39. The fourth-order valence-corrected chi connectivity index (χ4v) is 5.41. The van der Waals surface area contributed by atoms with Crippen molar-refractivity contribution < 1.29 is 0 Å². The van der Waals surface area contributed by atoms with Crippen LogP contribution in [-0.2, 0) is 0 Å². The molecule has 3 aliphatic rings. The van der Waals surface area contributed by atoms with Crippen LogP contribution >= 0.6 is 0 Å². The second kappa shape index (κ2) is 7.08. The third-order valence-electron chi connectivity index (χ3n) is 7.04. The van der Waals surface area contributed by atoms with Crippen molar-refractivity contribution in [2.75, 3.05) is 37.6 Å². The molecule has 3 aliphatic heterocycles. The van der Waals surface area contributed by atoms with Gasteiger partial charge in [-0.15, -0.1) is 0 Å². The molecule has 5 heteroatoms. The van der Waals surface area contributed by atoms with Gasteiger partial charge in [-0.05, 0) is 48.2 Å². The van der Waals surface area contributed by atoms with Crippen molar-refractivity contribution in [3.8, 4) is 11.3 Å². The van der Waals surface area contributed by atoms with E-state index in [1.807, 2.05) is 12.3 Å². The molecule has 3 saturated heterocycles. The Kier molecular flexibility index (Phi) is 4.24. The van der Waals surface area contributed by atoms with Crippen LogP contribution in [0.5, 0.6) is 0 Å². The number of nitrogens with zero attached hydrogens (tertiary/aromatic N) is 4. The summed E-state index contributed by atoms with van der Waals surface area (Å²) >= 11 is 0. The van der Waals surface area contributed by atoms with Crippen LogP contribution in [-0.4, -0.2) is 59.7 Å². The summed E-state index contributed by atoms with van der Waals surface area (Å²) in [6, 6.07) is 18.4. The minimum atomic E-state index is 0.635. The van der Waals surface area contributed by atoms with E-state index < -0.39 is 0 Å². The van der Waals surface area contributed by atoms with E-state index in [2.05, 4.69) is 62.6 Å². The Bertz CT molecular complexity index is 1020. The minimum absolute atomic E-state index is 0.635. The quantitative estimate of drug-likeness (QED) is 0.750. The molecule has 0 amide bonds. The fourth-order valence-electron chi connectivity index (χ4n) is 5.41. The van der Waals surface area contributed by atoms with Gasteiger partial charge < -0.3 is 10.2 Å². The van der Waals surface area contributed by atoms with Crippen LogP contribution in [0.1, 0.15) is 12.8 Å². The maximum atomic E-state index is 4.93. The number of anilines is 1. The van der Waals surface area contributed by atoms with E-state index >= 15 is 0 Å². The lowest BCUT2D eigenvalue weighted by Gasteiger charge is -2.25. The van der Waals surface area contributed by atoms with Gasteiger partial charge in [0.1, 0.15) is 0 Å². The average Bonchev–Trinajstić information content (AvgIpc) is 3.49. The maximum Gasteiger partial charge on any atom is 0.225 e. The van der Waals surface area contributed by atoms with Gasteiger partial charge >= 0.3 is 0 Å². The average molecular weight is 386 g/mol. The summed E-state index contributed by atoms with van der Waals surface area (Å²) in [5.74, 6) is 1.73. The van der Waals surface area contributed by atoms with Crippen molar-refractivity contribution in [1.82, 2.24) is 20.2 Å². The van der Waals surface area contributed by atoms with Crippen LogP contribution in [0.2, 0.25) is 0 Å². The second-order valence-corrected chi connectivity index (χ2v) is 8.76. The van der Waals surface area contributed by atoms with Crippen molar-refractivity contribution >= 4 is 16.7 Å². The zero-order valence-corrected chi connectivity index (χ0v) is 16.7. The number of hydrogen-bond donors (Lipinski definition) is 1. The molecule has 3 aromatic rings. The van der Waals surface area contributed by atoms with Gasteiger partial charge in [-0.1, -0.05) is 36.4 Å². The second-order valence-electron chi connectivity index (χ2n) is 8.76. The van der Waals surface area contributed by atoms with Gasteiger partial charge in [0.05, 0.1) is 5.69 Å². The van der Waals surface area contributed by atoms with Crippen molar-refractivity contribution in [1.29, 1.82) is 0 Å². The first kappa shape index (κ1) is 17.4. The zero-order chi connectivity index (χ0) is 19.2. The number of hydrogen-bond acceptors (Lipinski definition) is 5. The lowest BCUT2D eigenvalue weighted by molar-refractivity contribution is 0.243. The van der Waals surface area contributed by atoms with Gasteiger partial charge in [0.15, 0.2) is 0 Å². The maximum absolute atomic E-state index is 4.93. The molecule has 0 saturated carbocycles. The monoisotopic (exact) mass is 385 g/mol. The molecular formula is C24H27N5. The van der Waals surface area contributed by atoms with Crippen molar-refractivity contribution in [3.63, 3.8) is 0 Å². The Labute approximate surface area is 171 Å². The molecule has 3 atom stereocenters. The SMILES string of the molecule is c1ccc2cc(-c3ccnc(N4CCC(N5CC6CCNC6C5)C4)n3)ccc2c1. The topological polar surface area (TPSA) is 44.3 Å². The molecule has 1 N–H and O–H groups in total. The van der Waals surface area contributed by atoms with E-state index in [0.29, 0.717) is 6.04 Å². The first-order valence-electron chi connectivity index (χ1n) is 10.9. The van der Waals surface area contributed by atoms with Gasteiger partial charge in [-0.2, -0.15) is 0 Å². The molecule has 29 heavy (non-hydrogen) atoms. The van der Waals surface area contributed by atoms with E-state index in [9.17, 15) is 0 Å². The van der Waals surface area contributed by atoms with Crippen molar-refractivity contribution in [2.24, 2.45) is 5.92 Å². The van der Waals surface area contributed by atoms with Gasteiger partial charge in [0.2, 0.25) is 5.95 Å². The van der Waals surface area contributed by atoms with Gasteiger partial charge in [-0.25, -0.2) is 9.97 Å². The van der Waals surface area contributed by atoms with Crippen LogP contribution in [0, 0.1) is 5.92 Å². The van der Waals surface area contributed by atoms with Gasteiger partial charge in [0.25, 0.3) is 0 Å². The number of aromatic nitrogens is 2. The van der Waals surface area contributed by atoms with Crippen molar-refractivity contribution in [3.05, 3.63) is 54.7 Å². The highest BCUT2D eigenvalue weighted by Gasteiger charge is 2.40. The van der Waals surface area contributed by atoms with Crippen LogP contribution in [0.25, 0.3) is 22.0 Å². The van der Waals surface area contributed by atoms with Crippen LogP contribution in [0.15, 0.2) is 54.7 Å². The summed E-state index contributed by atoms with van der Waals surface area (Å²) in [4.78, 5) is 14.6. The normalized spacial score (nSPS) is 27.0. The molecule has 0 spiro atoms. The molecule has 0 bridgehead atoms. The molecule has 3 unspecified atom stereocenters. The van der Waals surface area contributed by atoms with E-state index in [0.717, 1.165) is 42.3 Å². The summed E-state index contributed by atoms with van der Waals surface area (Å²) in [5, 5.41) is 6.18. The lowest BCUT2D eigenvalue weighted by atomic mass is 10.1. The highest BCUT2D eigenvalue weighted by Crippen LogP contribution is 2.30. The summed E-state index contributed by atoms with van der Waals surface area (Å²) < 4.78 is 0. The van der Waals surface area contributed by atoms with E-state index in [1.165, 1.54) is 43.2 Å². The molecule has 6 rings (SSSR count). The number of rotatable bonds is 3. The Morgan fingerprint density at radius 3 is 2.79 bits per heavy atom. The molecule has 4 heterocycles. The van der Waals surface area contributed by atoms with E-state index in [4.69, 9.17) is 4.98 Å². The number of likely N-dealkylation sites (tertiary alicyclic amines) is 1. The highest BCUT2D eigenvalue weighted by atomic mass is 15.3. The Balaban J connectivity index is 1.20. The molecule has 3 fully saturated rings. The van der Waals surface area contributed by atoms with Crippen LogP contribution in [0.3, 0.4) is 0 Å². The van der Waals surface area contributed by atoms with Gasteiger partial charge in [-0.3, -0.25) is 4.90 Å². The molecule has 5 nitrogen and oxygen atoms in total. The van der Waals surface area contributed by atoms with Crippen molar-refractivity contribution in [2.45, 2.75) is 24.9 Å². The number of nitrogens with one attached hydrogen (secondary N) is 1. The molecule has 0 aliphatic carbocycles. The first-order chi connectivity index (χ1) is 14.3. The van der Waals surface area contributed by atoms with E-state index in [-0.39, 0.29) is 0 Å². The largest absolute Gasteiger partial charge is 0.339 e. The predicted octanol–water partition coefficient (Wildman–Crippen LogP) is 3.17. The van der Waals surface area contributed by atoms with E-state index in [1.54, 1.807) is 0 Å². The molecular weight excluding hydrogens is 358 g/mol. The minimum Gasteiger partial charge on any atom is -0.339 e. The van der Waals surface area contributed by atoms with Gasteiger partial charge in [0, 0.05) is 50.0 Å². The molecule has 148 valence electrons. The third-order valence-corrected chi connectivity index (χ3v) is 7.04. The molecule has 0 radical (unpaired) electrons. The summed E-state index contributed by atoms with van der Waals surface area (Å²) in [6.07, 6.45) is 4.46. The standard InChI is InChI=1S/C24H27N5/c1-2-4-18-13-19(6-5-17(18)3-1)22-8-11-26-24(27-22)28-12-9-21(15-28)29-14-20-7-10-25-23(20)16-29/h1-6,8,11,13,20-21,23,25H,7,9-10,12,14-16H2. The zero-order valence-electron chi connectivity index (χ0n) is 16.7. The Hall–Kier alpha value is -2.50. The number of benzene rings is 2. The summed E-state index contributed by atoms with van der Waals surface area (Å²) in [7, 11) is 0. The smallest absolute Gasteiger partial charge is 0.225 e. The Morgan fingerprint density at radius 1 is 0.931 bits per heavy atom. The highest BCUT2D eigenvalue weighted by molar-refractivity contribution is 5.86. The summed E-state index contributed by atoms with van der Waals surface area (Å²) in [5.41, 5.74) is 2.16. The first-order valence-corrected chi connectivity index (χ1v) is 10.9.